The lowest BCUT2D eigenvalue weighted by molar-refractivity contribution is -0.113. The largest absolute Gasteiger partial charge is 0.497 e. The van der Waals surface area contributed by atoms with Gasteiger partial charge in [-0.15, -0.1) is 10.2 Å². The predicted octanol–water partition coefficient (Wildman–Crippen LogP) is 6.05. The van der Waals surface area contributed by atoms with E-state index in [-0.39, 0.29) is 11.7 Å². The molecule has 0 aliphatic rings. The van der Waals surface area contributed by atoms with E-state index in [9.17, 15) is 4.79 Å². The minimum Gasteiger partial charge on any atom is -0.497 e. The van der Waals surface area contributed by atoms with E-state index in [0.29, 0.717) is 16.1 Å². The van der Waals surface area contributed by atoms with Crippen LogP contribution < -0.4 is 10.1 Å². The summed E-state index contributed by atoms with van der Waals surface area (Å²) >= 11 is 6.34. The Morgan fingerprint density at radius 1 is 1.09 bits per heavy atom. The van der Waals surface area contributed by atoms with Crippen molar-refractivity contribution in [1.82, 2.24) is 19.7 Å². The number of para-hydroxylation sites is 1. The number of hydrogen-bond acceptors (Lipinski definition) is 7. The highest BCUT2D eigenvalue weighted by atomic mass is 79.9. The van der Waals surface area contributed by atoms with Gasteiger partial charge in [0.25, 0.3) is 0 Å². The standard InChI is InChI=1S/C24H18BrN5O2S2/c1-32-16-11-12-19-20(13-16)34-23(26-19)27-21(31)14-33-24-29-28-22(17-9-5-6-10-18(17)25)30(24)15-7-3-2-4-8-15/h2-13H,14H2,1H3,(H,26,27,31). The molecule has 0 aliphatic carbocycles. The number of carbonyl (C=O) groups excluding carboxylic acids is 1. The van der Waals surface area contributed by atoms with Gasteiger partial charge in [-0.25, -0.2) is 4.98 Å². The number of benzene rings is 3. The van der Waals surface area contributed by atoms with Gasteiger partial charge < -0.3 is 10.1 Å². The fourth-order valence-corrected chi connectivity index (χ4v) is 5.49. The molecule has 0 aliphatic heterocycles. The van der Waals surface area contributed by atoms with E-state index >= 15 is 0 Å². The quantitative estimate of drug-likeness (QED) is 0.248. The van der Waals surface area contributed by atoms with Crippen LogP contribution in [-0.2, 0) is 4.79 Å². The Kier molecular flexibility index (Phi) is 6.61. The van der Waals surface area contributed by atoms with Gasteiger partial charge in [0, 0.05) is 15.7 Å². The highest BCUT2D eigenvalue weighted by Crippen LogP contribution is 2.33. The summed E-state index contributed by atoms with van der Waals surface area (Å²) in [5, 5.41) is 12.9. The molecular formula is C24H18BrN5O2S2. The van der Waals surface area contributed by atoms with Crippen molar-refractivity contribution >= 4 is 60.3 Å². The van der Waals surface area contributed by atoms with Crippen molar-refractivity contribution in [3.05, 3.63) is 77.3 Å². The molecule has 0 unspecified atom stereocenters. The van der Waals surface area contributed by atoms with Crippen LogP contribution >= 0.6 is 39.0 Å². The first-order chi connectivity index (χ1) is 16.6. The lowest BCUT2D eigenvalue weighted by atomic mass is 10.2. The minimum absolute atomic E-state index is 0.166. The molecule has 7 nitrogen and oxygen atoms in total. The predicted molar refractivity (Wildman–Crippen MR) is 140 cm³/mol. The average molecular weight is 552 g/mol. The van der Waals surface area contributed by atoms with Gasteiger partial charge in [0.1, 0.15) is 5.75 Å². The van der Waals surface area contributed by atoms with Gasteiger partial charge in [0.15, 0.2) is 16.1 Å². The second-order valence-electron chi connectivity index (χ2n) is 7.15. The van der Waals surface area contributed by atoms with E-state index in [1.807, 2.05) is 77.4 Å². The number of amides is 1. The maximum absolute atomic E-state index is 12.7. The van der Waals surface area contributed by atoms with E-state index in [1.54, 1.807) is 7.11 Å². The Morgan fingerprint density at radius 3 is 2.68 bits per heavy atom. The molecule has 1 N–H and O–H groups in total. The van der Waals surface area contributed by atoms with Gasteiger partial charge in [-0.3, -0.25) is 9.36 Å². The summed E-state index contributed by atoms with van der Waals surface area (Å²) in [7, 11) is 1.62. The highest BCUT2D eigenvalue weighted by Gasteiger charge is 2.19. The van der Waals surface area contributed by atoms with Crippen LogP contribution in [-0.4, -0.2) is 38.5 Å². The molecule has 5 aromatic rings. The maximum atomic E-state index is 12.7. The van der Waals surface area contributed by atoms with E-state index < -0.39 is 0 Å². The number of nitrogens with zero attached hydrogens (tertiary/aromatic N) is 4. The second-order valence-corrected chi connectivity index (χ2v) is 9.97. The number of thioether (sulfide) groups is 1. The van der Waals surface area contributed by atoms with E-state index in [0.717, 1.165) is 31.7 Å². The molecular weight excluding hydrogens is 534 g/mol. The summed E-state index contributed by atoms with van der Waals surface area (Å²) < 4.78 is 9.09. The molecule has 0 saturated carbocycles. The number of fused-ring (bicyclic) bond motifs is 1. The lowest BCUT2D eigenvalue weighted by Gasteiger charge is -2.11. The van der Waals surface area contributed by atoms with Crippen LogP contribution in [0.4, 0.5) is 5.13 Å². The third-order valence-corrected chi connectivity index (χ3v) is 7.49. The minimum atomic E-state index is -0.166. The van der Waals surface area contributed by atoms with Crippen LogP contribution in [0.15, 0.2) is 82.4 Å². The number of halogens is 1. The fourth-order valence-electron chi connectivity index (χ4n) is 3.36. The summed E-state index contributed by atoms with van der Waals surface area (Å²) in [5.41, 5.74) is 2.65. The Morgan fingerprint density at radius 2 is 1.88 bits per heavy atom. The van der Waals surface area contributed by atoms with E-state index in [4.69, 9.17) is 4.74 Å². The van der Waals surface area contributed by atoms with Gasteiger partial charge in [-0.05, 0) is 36.4 Å². The van der Waals surface area contributed by atoms with Crippen molar-refractivity contribution in [2.24, 2.45) is 0 Å². The number of carbonyl (C=O) groups is 1. The highest BCUT2D eigenvalue weighted by molar-refractivity contribution is 9.10. The first-order valence-corrected chi connectivity index (χ1v) is 12.8. The molecule has 0 radical (unpaired) electrons. The lowest BCUT2D eigenvalue weighted by Crippen LogP contribution is -2.14. The molecule has 5 rings (SSSR count). The summed E-state index contributed by atoms with van der Waals surface area (Å²) in [4.78, 5) is 17.2. The fraction of sp³-hybridized carbons (Fsp3) is 0.0833. The molecule has 10 heteroatoms. The Labute approximate surface area is 212 Å². The van der Waals surface area contributed by atoms with Gasteiger partial charge in [0.05, 0.1) is 23.1 Å². The Hall–Kier alpha value is -3.21. The zero-order valence-corrected chi connectivity index (χ0v) is 21.2. The molecule has 0 atom stereocenters. The van der Waals surface area contributed by atoms with Crippen LogP contribution in [0.2, 0.25) is 0 Å². The van der Waals surface area contributed by atoms with Crippen LogP contribution in [0.1, 0.15) is 0 Å². The number of thiazole rings is 1. The van der Waals surface area contributed by atoms with Gasteiger partial charge in [-0.1, -0.05) is 75.4 Å². The smallest absolute Gasteiger partial charge is 0.236 e. The summed E-state index contributed by atoms with van der Waals surface area (Å²) in [5.74, 6) is 1.45. The second kappa shape index (κ2) is 9.96. The van der Waals surface area contributed by atoms with Gasteiger partial charge >= 0.3 is 0 Å². The van der Waals surface area contributed by atoms with Gasteiger partial charge in [-0.2, -0.15) is 0 Å². The third kappa shape index (κ3) is 4.70. The molecule has 3 aromatic carbocycles. The Bertz CT molecular complexity index is 1470. The van der Waals surface area contributed by atoms with Crippen LogP contribution in [0, 0.1) is 0 Å². The molecule has 0 saturated heterocycles. The van der Waals surface area contributed by atoms with E-state index in [1.165, 1.54) is 23.1 Å². The number of anilines is 1. The number of rotatable bonds is 7. The number of ether oxygens (including phenoxy) is 1. The topological polar surface area (TPSA) is 81.9 Å². The van der Waals surface area contributed by atoms with Crippen molar-refractivity contribution in [2.75, 3.05) is 18.2 Å². The first-order valence-electron chi connectivity index (χ1n) is 10.3. The van der Waals surface area contributed by atoms with Crippen molar-refractivity contribution in [3.63, 3.8) is 0 Å². The molecule has 2 heterocycles. The number of nitrogens with one attached hydrogen (secondary N) is 1. The summed E-state index contributed by atoms with van der Waals surface area (Å²) in [6.07, 6.45) is 0. The van der Waals surface area contributed by atoms with Crippen molar-refractivity contribution in [2.45, 2.75) is 5.16 Å². The molecule has 170 valence electrons. The molecule has 0 fully saturated rings. The Balaban J connectivity index is 1.37. The van der Waals surface area contributed by atoms with Crippen molar-refractivity contribution in [1.29, 1.82) is 0 Å². The molecule has 2 aromatic heterocycles. The number of methoxy groups -OCH3 is 1. The normalized spacial score (nSPS) is 11.0. The van der Waals surface area contributed by atoms with Crippen molar-refractivity contribution < 1.29 is 9.53 Å². The average Bonchev–Trinajstić information content (AvgIpc) is 3.46. The first kappa shape index (κ1) is 22.6. The monoisotopic (exact) mass is 551 g/mol. The number of hydrogen-bond donors (Lipinski definition) is 1. The summed E-state index contributed by atoms with van der Waals surface area (Å²) in [6.45, 7) is 0. The molecule has 1 amide bonds. The zero-order valence-electron chi connectivity index (χ0n) is 17.9. The maximum Gasteiger partial charge on any atom is 0.236 e. The van der Waals surface area contributed by atoms with Gasteiger partial charge in [0.2, 0.25) is 5.91 Å². The van der Waals surface area contributed by atoms with E-state index in [2.05, 4.69) is 36.4 Å². The molecule has 0 spiro atoms. The SMILES string of the molecule is COc1ccc2nc(NC(=O)CSc3nnc(-c4ccccc4Br)n3-c3ccccc3)sc2c1. The van der Waals surface area contributed by atoms with Crippen molar-refractivity contribution in [3.8, 4) is 22.8 Å². The zero-order chi connectivity index (χ0) is 23.5. The van der Waals surface area contributed by atoms with Crippen LogP contribution in [0.3, 0.4) is 0 Å². The molecule has 34 heavy (non-hydrogen) atoms. The van der Waals surface area contributed by atoms with Crippen LogP contribution in [0.5, 0.6) is 5.75 Å². The third-order valence-electron chi connectivity index (χ3n) is 4.94. The number of aromatic nitrogens is 4. The molecule has 0 bridgehead atoms. The van der Waals surface area contributed by atoms with Crippen LogP contribution in [0.25, 0.3) is 27.3 Å². The summed E-state index contributed by atoms with van der Waals surface area (Å²) in [6, 6.07) is 23.3.